The zero-order valence-electron chi connectivity index (χ0n) is 17.1. The summed E-state index contributed by atoms with van der Waals surface area (Å²) in [6, 6.07) is 4.33. The lowest BCUT2D eigenvalue weighted by molar-refractivity contribution is -0.122. The molecule has 0 aliphatic heterocycles. The highest BCUT2D eigenvalue weighted by Crippen LogP contribution is 2.17. The van der Waals surface area contributed by atoms with E-state index in [0.29, 0.717) is 5.56 Å². The summed E-state index contributed by atoms with van der Waals surface area (Å²) >= 11 is 0. The molecule has 2 heterocycles. The molecule has 162 valence electrons. The molecule has 1 amide bonds. The quantitative estimate of drug-likeness (QED) is 0.536. The Hall–Kier alpha value is -3.89. The third-order valence-corrected chi connectivity index (χ3v) is 4.48. The molecule has 10 nitrogen and oxygen atoms in total. The maximum atomic E-state index is 13.3. The summed E-state index contributed by atoms with van der Waals surface area (Å²) in [6.07, 6.45) is 1.17. The van der Waals surface area contributed by atoms with Crippen molar-refractivity contribution in [3.05, 3.63) is 58.4 Å². The van der Waals surface area contributed by atoms with Crippen molar-refractivity contribution in [3.63, 3.8) is 0 Å². The van der Waals surface area contributed by atoms with Gasteiger partial charge in [-0.2, -0.15) is 0 Å². The van der Waals surface area contributed by atoms with E-state index < -0.39 is 35.7 Å². The number of hydrogen-bond acceptors (Lipinski definition) is 8. The number of ketones is 1. The number of aromatic nitrogens is 4. The van der Waals surface area contributed by atoms with Crippen LogP contribution in [0.1, 0.15) is 30.4 Å². The molecule has 2 aromatic heterocycles. The molecule has 3 rings (SSSR count). The van der Waals surface area contributed by atoms with Crippen molar-refractivity contribution in [2.45, 2.75) is 33.4 Å². The van der Waals surface area contributed by atoms with Crippen LogP contribution >= 0.6 is 0 Å². The van der Waals surface area contributed by atoms with Gasteiger partial charge in [0.2, 0.25) is 17.6 Å². The van der Waals surface area contributed by atoms with E-state index in [1.807, 2.05) is 0 Å². The van der Waals surface area contributed by atoms with Crippen LogP contribution in [0.2, 0.25) is 0 Å². The monoisotopic (exact) mass is 428 g/mol. The first-order valence-electron chi connectivity index (χ1n) is 9.42. The standard InChI is InChI=1S/C20H21FN6O4/c1-10(2)16(17(29)19-26-25-11(3)31-19)24-15(28)9-27-18(23-8-14(22)20(27)30)12-4-6-13(21)7-5-12/h4-8,10,16H,9,22H2,1-3H3,(H,24,28)/t16-/m0/s1. The van der Waals surface area contributed by atoms with E-state index in [9.17, 15) is 18.8 Å². The number of nitrogens with one attached hydrogen (secondary N) is 1. The zero-order chi connectivity index (χ0) is 22.7. The maximum absolute atomic E-state index is 13.3. The minimum atomic E-state index is -0.952. The Morgan fingerprint density at radius 3 is 2.48 bits per heavy atom. The molecule has 0 aliphatic rings. The van der Waals surface area contributed by atoms with Gasteiger partial charge < -0.3 is 15.5 Å². The Morgan fingerprint density at radius 2 is 1.90 bits per heavy atom. The van der Waals surface area contributed by atoms with Crippen LogP contribution in [-0.2, 0) is 11.3 Å². The summed E-state index contributed by atoms with van der Waals surface area (Å²) in [5.74, 6) is -1.78. The number of benzene rings is 1. The number of carbonyl (C=O) groups excluding carboxylic acids is 2. The minimum Gasteiger partial charge on any atom is -0.419 e. The molecule has 0 spiro atoms. The number of halogens is 1. The number of nitrogen functional groups attached to an aromatic ring is 1. The molecule has 31 heavy (non-hydrogen) atoms. The van der Waals surface area contributed by atoms with Crippen LogP contribution in [0.15, 0.2) is 39.7 Å². The van der Waals surface area contributed by atoms with Gasteiger partial charge in [-0.1, -0.05) is 13.8 Å². The topological polar surface area (TPSA) is 146 Å². The van der Waals surface area contributed by atoms with Gasteiger partial charge >= 0.3 is 0 Å². The summed E-state index contributed by atoms with van der Waals surface area (Å²) in [7, 11) is 0. The van der Waals surface area contributed by atoms with E-state index in [-0.39, 0.29) is 29.2 Å². The number of aryl methyl sites for hydroxylation is 1. The van der Waals surface area contributed by atoms with Crippen molar-refractivity contribution in [3.8, 4) is 11.4 Å². The van der Waals surface area contributed by atoms with Crippen LogP contribution in [0.4, 0.5) is 10.1 Å². The van der Waals surface area contributed by atoms with Gasteiger partial charge in [0.25, 0.3) is 11.4 Å². The molecule has 0 unspecified atom stereocenters. The zero-order valence-corrected chi connectivity index (χ0v) is 17.1. The second-order valence-corrected chi connectivity index (χ2v) is 7.22. The third kappa shape index (κ3) is 4.82. The smallest absolute Gasteiger partial charge is 0.286 e. The molecular formula is C20H21FN6O4. The predicted molar refractivity (Wildman–Crippen MR) is 108 cm³/mol. The van der Waals surface area contributed by atoms with Gasteiger partial charge in [-0.25, -0.2) is 9.37 Å². The fourth-order valence-electron chi connectivity index (χ4n) is 2.91. The fourth-order valence-corrected chi connectivity index (χ4v) is 2.91. The highest BCUT2D eigenvalue weighted by atomic mass is 19.1. The van der Waals surface area contributed by atoms with Crippen molar-refractivity contribution in [2.75, 3.05) is 5.73 Å². The van der Waals surface area contributed by atoms with E-state index in [2.05, 4.69) is 20.5 Å². The molecule has 0 radical (unpaired) electrons. The molecule has 1 atom stereocenters. The molecule has 0 saturated carbocycles. The highest BCUT2D eigenvalue weighted by molar-refractivity contribution is 5.98. The molecule has 3 N–H and O–H groups in total. The summed E-state index contributed by atoms with van der Waals surface area (Å²) in [6.45, 7) is 4.57. The molecule has 0 fully saturated rings. The minimum absolute atomic E-state index is 0.134. The van der Waals surface area contributed by atoms with Crippen LogP contribution < -0.4 is 16.6 Å². The third-order valence-electron chi connectivity index (χ3n) is 4.48. The average molecular weight is 428 g/mol. The number of nitrogens with zero attached hydrogens (tertiary/aromatic N) is 4. The predicted octanol–water partition coefficient (Wildman–Crippen LogP) is 1.35. The number of carbonyl (C=O) groups is 2. The first-order chi connectivity index (χ1) is 14.7. The summed E-state index contributed by atoms with van der Waals surface area (Å²) in [4.78, 5) is 42.1. The molecule has 11 heteroatoms. The van der Waals surface area contributed by atoms with Crippen LogP contribution in [0.5, 0.6) is 0 Å². The van der Waals surface area contributed by atoms with E-state index in [1.165, 1.54) is 30.5 Å². The Morgan fingerprint density at radius 1 is 1.23 bits per heavy atom. The molecule has 0 saturated heterocycles. The highest BCUT2D eigenvalue weighted by Gasteiger charge is 2.29. The Bertz CT molecular complexity index is 1170. The van der Waals surface area contributed by atoms with Crippen LogP contribution in [0.3, 0.4) is 0 Å². The SMILES string of the molecule is Cc1nnc(C(=O)[C@@H](NC(=O)Cn2c(-c3ccc(F)cc3)ncc(N)c2=O)C(C)C)o1. The Balaban J connectivity index is 1.88. The van der Waals surface area contributed by atoms with Crippen molar-refractivity contribution in [1.29, 1.82) is 0 Å². The average Bonchev–Trinajstić information content (AvgIpc) is 3.16. The van der Waals surface area contributed by atoms with Crippen molar-refractivity contribution < 1.29 is 18.4 Å². The second kappa shape index (κ2) is 8.86. The Kier molecular flexibility index (Phi) is 6.23. The van der Waals surface area contributed by atoms with Gasteiger partial charge in [0, 0.05) is 12.5 Å². The number of nitrogens with two attached hydrogens (primary N) is 1. The first-order valence-corrected chi connectivity index (χ1v) is 9.42. The first kappa shape index (κ1) is 21.8. The van der Waals surface area contributed by atoms with Gasteiger partial charge in [0.05, 0.1) is 12.2 Å². The molecule has 0 aliphatic carbocycles. The van der Waals surface area contributed by atoms with Crippen molar-refractivity contribution in [2.24, 2.45) is 5.92 Å². The number of rotatable bonds is 7. The fraction of sp³-hybridized carbons (Fsp3) is 0.300. The van der Waals surface area contributed by atoms with Crippen molar-refractivity contribution >= 4 is 17.4 Å². The lowest BCUT2D eigenvalue weighted by atomic mass is 9.99. The van der Waals surface area contributed by atoms with Gasteiger partial charge in [0.15, 0.2) is 0 Å². The maximum Gasteiger partial charge on any atom is 0.286 e. The van der Waals surface area contributed by atoms with Crippen LogP contribution in [0, 0.1) is 18.7 Å². The van der Waals surface area contributed by atoms with E-state index in [0.717, 1.165) is 4.57 Å². The molecule has 0 bridgehead atoms. The number of anilines is 1. The number of amides is 1. The van der Waals surface area contributed by atoms with E-state index in [1.54, 1.807) is 20.8 Å². The normalized spacial score (nSPS) is 12.0. The lowest BCUT2D eigenvalue weighted by Crippen LogP contribution is -2.46. The second-order valence-electron chi connectivity index (χ2n) is 7.22. The van der Waals surface area contributed by atoms with Crippen LogP contribution in [0.25, 0.3) is 11.4 Å². The van der Waals surface area contributed by atoms with Crippen molar-refractivity contribution in [1.82, 2.24) is 25.1 Å². The van der Waals surface area contributed by atoms with Crippen LogP contribution in [-0.4, -0.2) is 37.5 Å². The van der Waals surface area contributed by atoms with E-state index in [4.69, 9.17) is 10.2 Å². The summed E-state index contributed by atoms with van der Waals surface area (Å²) < 4.78 is 19.5. The molecule has 1 aromatic carbocycles. The largest absolute Gasteiger partial charge is 0.419 e. The van der Waals surface area contributed by atoms with Gasteiger partial charge in [-0.15, -0.1) is 10.2 Å². The van der Waals surface area contributed by atoms with Gasteiger partial charge in [-0.3, -0.25) is 19.0 Å². The van der Waals surface area contributed by atoms with Gasteiger partial charge in [-0.05, 0) is 30.2 Å². The summed E-state index contributed by atoms with van der Waals surface area (Å²) in [5.41, 5.74) is 5.30. The number of hydrogen-bond donors (Lipinski definition) is 2. The molecule has 3 aromatic rings. The Labute approximate surface area is 176 Å². The molecular weight excluding hydrogens is 407 g/mol. The summed E-state index contributed by atoms with van der Waals surface area (Å²) in [5, 5.41) is 9.92. The lowest BCUT2D eigenvalue weighted by Gasteiger charge is -2.20. The van der Waals surface area contributed by atoms with Gasteiger partial charge in [0.1, 0.15) is 23.9 Å². The van der Waals surface area contributed by atoms with E-state index >= 15 is 0 Å². The number of Topliss-reactive ketones (excluding diaryl/α,β-unsaturated/α-hetero) is 1.